The van der Waals surface area contributed by atoms with Gasteiger partial charge in [-0.25, -0.2) is 0 Å². The van der Waals surface area contributed by atoms with Gasteiger partial charge in [-0.2, -0.15) is 0 Å². The molecule has 1 amide bonds. The number of rotatable bonds is 5. The highest BCUT2D eigenvalue weighted by molar-refractivity contribution is 9.10. The predicted octanol–water partition coefficient (Wildman–Crippen LogP) is 3.87. The molecule has 2 rings (SSSR count). The molecule has 0 saturated carbocycles. The smallest absolute Gasteiger partial charge is 0.292 e. The van der Waals surface area contributed by atoms with Crippen LogP contribution in [0.25, 0.3) is 0 Å². The number of hydrogen-bond acceptors (Lipinski definition) is 3. The Kier molecular flexibility index (Phi) is 5.61. The Bertz CT molecular complexity index is 669. The number of ether oxygens (including phenoxy) is 1. The lowest BCUT2D eigenvalue weighted by atomic mass is 10.3. The highest BCUT2D eigenvalue weighted by atomic mass is 79.9. The van der Waals surface area contributed by atoms with Crippen LogP contribution in [0.2, 0.25) is 0 Å². The Hall–Kier alpha value is -2.27. The molecule has 0 aromatic heterocycles. The lowest BCUT2D eigenvalue weighted by molar-refractivity contribution is -0.114. The molecule has 0 aliphatic rings. The van der Waals surface area contributed by atoms with Crippen LogP contribution in [0.1, 0.15) is 0 Å². The lowest BCUT2D eigenvalue weighted by Gasteiger charge is -2.14. The molecular weight excluding hydrogens is 344 g/mol. The molecular formula is C17H17BrN2O2. The number of amides is 1. The molecule has 0 fully saturated rings. The van der Waals surface area contributed by atoms with Crippen LogP contribution in [0.5, 0.6) is 5.75 Å². The zero-order valence-electron chi connectivity index (χ0n) is 12.4. The van der Waals surface area contributed by atoms with Gasteiger partial charge < -0.3 is 15.0 Å². The van der Waals surface area contributed by atoms with Crippen molar-refractivity contribution < 1.29 is 9.53 Å². The zero-order chi connectivity index (χ0) is 15.9. The molecule has 1 N–H and O–H groups in total. The van der Waals surface area contributed by atoms with Gasteiger partial charge in [0.05, 0.1) is 5.69 Å². The molecule has 0 saturated heterocycles. The summed E-state index contributed by atoms with van der Waals surface area (Å²) in [6.07, 6.45) is 1.64. The molecule has 2 aromatic rings. The van der Waals surface area contributed by atoms with Crippen molar-refractivity contribution in [2.24, 2.45) is 0 Å². The second-order valence-corrected chi connectivity index (χ2v) is 5.66. The lowest BCUT2D eigenvalue weighted by Crippen LogP contribution is -2.21. The van der Waals surface area contributed by atoms with Crippen LogP contribution >= 0.6 is 15.9 Å². The molecule has 4 nitrogen and oxygen atoms in total. The van der Waals surface area contributed by atoms with Gasteiger partial charge in [0.2, 0.25) is 5.76 Å². The molecule has 2 aromatic carbocycles. The average molecular weight is 361 g/mol. The van der Waals surface area contributed by atoms with Gasteiger partial charge in [-0.1, -0.05) is 30.3 Å². The minimum absolute atomic E-state index is 0.215. The zero-order valence-corrected chi connectivity index (χ0v) is 14.0. The Balaban J connectivity index is 2.19. The van der Waals surface area contributed by atoms with E-state index in [9.17, 15) is 4.79 Å². The largest absolute Gasteiger partial charge is 0.450 e. The van der Waals surface area contributed by atoms with E-state index in [1.807, 2.05) is 56.6 Å². The summed E-state index contributed by atoms with van der Waals surface area (Å²) < 4.78 is 6.50. The first-order chi connectivity index (χ1) is 10.6. The number of carbonyl (C=O) groups excluding carboxylic acids is 1. The summed E-state index contributed by atoms with van der Waals surface area (Å²) in [5.41, 5.74) is 0.689. The van der Waals surface area contributed by atoms with E-state index in [2.05, 4.69) is 21.2 Å². The number of halogens is 1. The van der Waals surface area contributed by atoms with Gasteiger partial charge in [0.15, 0.2) is 0 Å². The topological polar surface area (TPSA) is 41.6 Å². The number of nitrogens with zero attached hydrogens (tertiary/aromatic N) is 1. The van der Waals surface area contributed by atoms with Crippen molar-refractivity contribution >= 4 is 27.5 Å². The second kappa shape index (κ2) is 7.66. The van der Waals surface area contributed by atoms with Crippen molar-refractivity contribution in [3.05, 3.63) is 71.0 Å². The summed E-state index contributed by atoms with van der Waals surface area (Å²) in [7, 11) is 3.67. The fourth-order valence-corrected chi connectivity index (χ4v) is 2.11. The molecule has 5 heteroatoms. The monoisotopic (exact) mass is 360 g/mol. The SMILES string of the molecule is CN(C)/C=C(\Oc1ccccc1)C(=O)Nc1ccccc1Br. The third-order valence-corrected chi connectivity index (χ3v) is 3.38. The minimum Gasteiger partial charge on any atom is -0.450 e. The first-order valence-corrected chi connectivity index (χ1v) is 7.52. The highest BCUT2D eigenvalue weighted by Gasteiger charge is 2.14. The van der Waals surface area contributed by atoms with Crippen LogP contribution in [-0.2, 0) is 4.79 Å². The quantitative estimate of drug-likeness (QED) is 0.649. The van der Waals surface area contributed by atoms with Crippen LogP contribution in [0, 0.1) is 0 Å². The predicted molar refractivity (Wildman–Crippen MR) is 91.6 cm³/mol. The van der Waals surface area contributed by atoms with E-state index in [1.54, 1.807) is 23.2 Å². The van der Waals surface area contributed by atoms with E-state index >= 15 is 0 Å². The molecule has 0 bridgehead atoms. The van der Waals surface area contributed by atoms with Crippen molar-refractivity contribution in [2.45, 2.75) is 0 Å². The van der Waals surface area contributed by atoms with E-state index in [0.717, 1.165) is 4.47 Å². The van der Waals surface area contributed by atoms with Crippen molar-refractivity contribution in [3.8, 4) is 5.75 Å². The normalized spacial score (nSPS) is 11.0. The van der Waals surface area contributed by atoms with E-state index in [1.165, 1.54) is 0 Å². The summed E-state index contributed by atoms with van der Waals surface area (Å²) in [4.78, 5) is 14.2. The van der Waals surface area contributed by atoms with Gasteiger partial charge in [-0.05, 0) is 40.2 Å². The van der Waals surface area contributed by atoms with E-state index < -0.39 is 0 Å². The van der Waals surface area contributed by atoms with Gasteiger partial charge in [0.25, 0.3) is 5.91 Å². The summed E-state index contributed by atoms with van der Waals surface area (Å²) in [6, 6.07) is 16.6. The second-order valence-electron chi connectivity index (χ2n) is 4.81. The van der Waals surface area contributed by atoms with Gasteiger partial charge in [0, 0.05) is 24.8 Å². The first-order valence-electron chi connectivity index (χ1n) is 6.73. The first kappa shape index (κ1) is 16.1. The van der Waals surface area contributed by atoms with Gasteiger partial charge in [-0.15, -0.1) is 0 Å². The van der Waals surface area contributed by atoms with E-state index in [0.29, 0.717) is 11.4 Å². The Morgan fingerprint density at radius 3 is 2.36 bits per heavy atom. The Morgan fingerprint density at radius 1 is 1.09 bits per heavy atom. The fraction of sp³-hybridized carbons (Fsp3) is 0.118. The van der Waals surface area contributed by atoms with Crippen LogP contribution in [-0.4, -0.2) is 24.9 Å². The maximum Gasteiger partial charge on any atom is 0.292 e. The van der Waals surface area contributed by atoms with E-state index in [4.69, 9.17) is 4.74 Å². The van der Waals surface area contributed by atoms with Crippen molar-refractivity contribution in [1.82, 2.24) is 4.90 Å². The number of hydrogen-bond donors (Lipinski definition) is 1. The maximum absolute atomic E-state index is 12.5. The van der Waals surface area contributed by atoms with Crippen LogP contribution in [0.3, 0.4) is 0 Å². The van der Waals surface area contributed by atoms with Gasteiger partial charge >= 0.3 is 0 Å². The molecule has 0 atom stereocenters. The van der Waals surface area contributed by atoms with Crippen LogP contribution in [0.15, 0.2) is 71.0 Å². The fourth-order valence-electron chi connectivity index (χ4n) is 1.73. The number of carbonyl (C=O) groups is 1. The Labute approximate surface area is 138 Å². The molecule has 0 aliphatic carbocycles. The van der Waals surface area contributed by atoms with Crippen LogP contribution < -0.4 is 10.1 Å². The summed E-state index contributed by atoms with van der Waals surface area (Å²) >= 11 is 3.41. The molecule has 0 radical (unpaired) electrons. The molecule has 0 heterocycles. The minimum atomic E-state index is -0.315. The third-order valence-electron chi connectivity index (χ3n) is 2.69. The van der Waals surface area contributed by atoms with Crippen molar-refractivity contribution in [3.63, 3.8) is 0 Å². The number of anilines is 1. The van der Waals surface area contributed by atoms with Gasteiger partial charge in [-0.3, -0.25) is 4.79 Å². The summed E-state index contributed by atoms with van der Waals surface area (Å²) in [5.74, 6) is 0.509. The maximum atomic E-state index is 12.5. The standard InChI is InChI=1S/C17H17BrN2O2/c1-20(2)12-16(22-13-8-4-3-5-9-13)17(21)19-15-11-7-6-10-14(15)18/h3-12H,1-2H3,(H,19,21)/b16-12-. The number of nitrogens with one attached hydrogen (secondary N) is 1. The highest BCUT2D eigenvalue weighted by Crippen LogP contribution is 2.22. The summed E-state index contributed by atoms with van der Waals surface area (Å²) in [5, 5.41) is 2.83. The van der Waals surface area contributed by atoms with Crippen molar-refractivity contribution in [2.75, 3.05) is 19.4 Å². The molecule has 114 valence electrons. The Morgan fingerprint density at radius 2 is 1.73 bits per heavy atom. The number of para-hydroxylation sites is 2. The van der Waals surface area contributed by atoms with Crippen molar-refractivity contribution in [1.29, 1.82) is 0 Å². The van der Waals surface area contributed by atoms with E-state index in [-0.39, 0.29) is 11.7 Å². The molecule has 22 heavy (non-hydrogen) atoms. The van der Waals surface area contributed by atoms with Crippen LogP contribution in [0.4, 0.5) is 5.69 Å². The number of benzene rings is 2. The third kappa shape index (κ3) is 4.63. The summed E-state index contributed by atoms with van der Waals surface area (Å²) in [6.45, 7) is 0. The van der Waals surface area contributed by atoms with Gasteiger partial charge in [0.1, 0.15) is 5.75 Å². The molecule has 0 spiro atoms. The average Bonchev–Trinajstić information content (AvgIpc) is 2.49. The molecule has 0 aliphatic heterocycles. The molecule has 0 unspecified atom stereocenters.